The van der Waals surface area contributed by atoms with Crippen LogP contribution in [0.4, 0.5) is 0 Å². The molecule has 1 atom stereocenters. The number of hydrogen-bond acceptors (Lipinski definition) is 4. The molecule has 1 rings (SSSR count). The zero-order valence-electron chi connectivity index (χ0n) is 9.30. The first-order valence-electron chi connectivity index (χ1n) is 4.97. The molecule has 0 aliphatic carbocycles. The molecule has 1 amide bonds. The predicted octanol–water partition coefficient (Wildman–Crippen LogP) is -0.294. The van der Waals surface area contributed by atoms with Crippen molar-refractivity contribution in [3.05, 3.63) is 29.3 Å². The quantitative estimate of drug-likeness (QED) is 0.563. The number of carboxylic acids is 1. The van der Waals surface area contributed by atoms with E-state index in [-0.39, 0.29) is 17.7 Å². The number of amides is 1. The Hall–Kier alpha value is -2.08. The van der Waals surface area contributed by atoms with Gasteiger partial charge in [-0.15, -0.1) is 0 Å². The molecule has 0 bridgehead atoms. The minimum absolute atomic E-state index is 0.0114. The highest BCUT2D eigenvalue weighted by molar-refractivity contribution is 5.95. The van der Waals surface area contributed by atoms with Crippen LogP contribution in [-0.4, -0.2) is 35.2 Å². The molecule has 0 saturated carbocycles. The Morgan fingerprint density at radius 1 is 1.47 bits per heavy atom. The van der Waals surface area contributed by atoms with Gasteiger partial charge in [-0.25, -0.2) is 0 Å². The second kappa shape index (κ2) is 5.31. The van der Waals surface area contributed by atoms with Gasteiger partial charge in [-0.2, -0.15) is 0 Å². The highest BCUT2D eigenvalue weighted by atomic mass is 16.4. The number of hydrogen-bond donors (Lipinski definition) is 4. The molecular formula is C11H14N2O4. The molecule has 0 aliphatic rings. The molecule has 0 radical (unpaired) electrons. The second-order valence-electron chi connectivity index (χ2n) is 3.60. The first kappa shape index (κ1) is 13.0. The third-order valence-electron chi connectivity index (χ3n) is 2.41. The van der Waals surface area contributed by atoms with E-state index in [0.29, 0.717) is 5.56 Å². The molecule has 0 heterocycles. The van der Waals surface area contributed by atoms with Gasteiger partial charge in [0.2, 0.25) is 0 Å². The fourth-order valence-corrected chi connectivity index (χ4v) is 1.46. The van der Waals surface area contributed by atoms with Gasteiger partial charge in [0.05, 0.1) is 5.56 Å². The summed E-state index contributed by atoms with van der Waals surface area (Å²) < 4.78 is 0. The van der Waals surface area contributed by atoms with Gasteiger partial charge in [0.15, 0.2) is 0 Å². The fraction of sp³-hybridized carbons (Fsp3) is 0.273. The van der Waals surface area contributed by atoms with Crippen LogP contribution >= 0.6 is 0 Å². The molecule has 5 N–H and O–H groups in total. The molecule has 0 unspecified atom stereocenters. The number of likely N-dealkylation sites (N-methyl/N-ethyl adjacent to an activating group) is 1. The molecular weight excluding hydrogens is 224 g/mol. The van der Waals surface area contributed by atoms with Crippen LogP contribution < -0.4 is 11.1 Å². The summed E-state index contributed by atoms with van der Waals surface area (Å²) in [5.74, 6) is -1.94. The number of carboxylic acid groups (broad SMARTS) is 1. The number of primary amides is 1. The SMILES string of the molecule is CN[C@@H](Cc1ccc(O)c(C(N)=O)c1)C(=O)O. The maximum Gasteiger partial charge on any atom is 0.321 e. The Labute approximate surface area is 98.1 Å². The molecule has 0 aromatic heterocycles. The Bertz CT molecular complexity index is 445. The first-order valence-corrected chi connectivity index (χ1v) is 4.97. The Morgan fingerprint density at radius 2 is 2.12 bits per heavy atom. The van der Waals surface area contributed by atoms with Gasteiger partial charge < -0.3 is 21.3 Å². The Morgan fingerprint density at radius 3 is 2.59 bits per heavy atom. The van der Waals surface area contributed by atoms with Crippen LogP contribution in [0.25, 0.3) is 0 Å². The lowest BCUT2D eigenvalue weighted by atomic mass is 10.0. The lowest BCUT2D eigenvalue weighted by Crippen LogP contribution is -2.35. The van der Waals surface area contributed by atoms with Crippen LogP contribution in [0.3, 0.4) is 0 Å². The van der Waals surface area contributed by atoms with Gasteiger partial charge >= 0.3 is 5.97 Å². The summed E-state index contributed by atoms with van der Waals surface area (Å²) in [7, 11) is 1.54. The summed E-state index contributed by atoms with van der Waals surface area (Å²) in [5, 5.41) is 20.9. The van der Waals surface area contributed by atoms with Crippen LogP contribution in [0.1, 0.15) is 15.9 Å². The molecule has 6 heteroatoms. The average molecular weight is 238 g/mol. The fourth-order valence-electron chi connectivity index (χ4n) is 1.46. The second-order valence-corrected chi connectivity index (χ2v) is 3.60. The van der Waals surface area contributed by atoms with Crippen molar-refractivity contribution in [2.45, 2.75) is 12.5 Å². The summed E-state index contributed by atoms with van der Waals surface area (Å²) in [4.78, 5) is 21.8. The topological polar surface area (TPSA) is 113 Å². The van der Waals surface area contributed by atoms with Crippen molar-refractivity contribution in [3.8, 4) is 5.75 Å². The van der Waals surface area contributed by atoms with Crippen LogP contribution in [0, 0.1) is 0 Å². The molecule has 1 aromatic rings. The van der Waals surface area contributed by atoms with Crippen molar-refractivity contribution in [1.29, 1.82) is 0 Å². The van der Waals surface area contributed by atoms with E-state index in [1.165, 1.54) is 19.2 Å². The molecule has 92 valence electrons. The third kappa shape index (κ3) is 3.18. The monoisotopic (exact) mass is 238 g/mol. The minimum atomic E-state index is -0.985. The van der Waals surface area contributed by atoms with Crippen molar-refractivity contribution in [3.63, 3.8) is 0 Å². The molecule has 6 nitrogen and oxygen atoms in total. The van der Waals surface area contributed by atoms with E-state index in [1.54, 1.807) is 6.07 Å². The van der Waals surface area contributed by atoms with E-state index in [4.69, 9.17) is 10.8 Å². The minimum Gasteiger partial charge on any atom is -0.507 e. The lowest BCUT2D eigenvalue weighted by molar-refractivity contribution is -0.139. The van der Waals surface area contributed by atoms with E-state index < -0.39 is 17.9 Å². The zero-order chi connectivity index (χ0) is 13.0. The number of phenols is 1. The smallest absolute Gasteiger partial charge is 0.321 e. The van der Waals surface area contributed by atoms with E-state index in [1.807, 2.05) is 0 Å². The van der Waals surface area contributed by atoms with Gasteiger partial charge in [-0.1, -0.05) is 6.07 Å². The number of carbonyl (C=O) groups is 2. The van der Waals surface area contributed by atoms with Gasteiger partial charge in [-0.05, 0) is 31.2 Å². The number of carbonyl (C=O) groups excluding carboxylic acids is 1. The maximum absolute atomic E-state index is 11.0. The van der Waals surface area contributed by atoms with Gasteiger partial charge in [0.1, 0.15) is 11.8 Å². The van der Waals surface area contributed by atoms with E-state index in [9.17, 15) is 14.7 Å². The highest BCUT2D eigenvalue weighted by Gasteiger charge is 2.16. The largest absolute Gasteiger partial charge is 0.507 e. The van der Waals surface area contributed by atoms with Crippen molar-refractivity contribution < 1.29 is 19.8 Å². The van der Waals surface area contributed by atoms with Crippen molar-refractivity contribution in [2.24, 2.45) is 5.73 Å². The number of aliphatic carboxylic acids is 1. The molecule has 0 saturated heterocycles. The van der Waals surface area contributed by atoms with Crippen LogP contribution in [0.15, 0.2) is 18.2 Å². The van der Waals surface area contributed by atoms with Crippen molar-refractivity contribution in [1.82, 2.24) is 5.32 Å². The summed E-state index contributed by atoms with van der Waals surface area (Å²) in [6.45, 7) is 0. The van der Waals surface area contributed by atoms with Gasteiger partial charge in [0.25, 0.3) is 5.91 Å². The van der Waals surface area contributed by atoms with E-state index >= 15 is 0 Å². The van der Waals surface area contributed by atoms with Crippen LogP contribution in [-0.2, 0) is 11.2 Å². The van der Waals surface area contributed by atoms with Gasteiger partial charge in [-0.3, -0.25) is 9.59 Å². The van der Waals surface area contributed by atoms with Crippen LogP contribution in [0.5, 0.6) is 5.75 Å². The normalized spacial score (nSPS) is 12.1. The van der Waals surface area contributed by atoms with Gasteiger partial charge in [0, 0.05) is 0 Å². The zero-order valence-corrected chi connectivity index (χ0v) is 9.30. The third-order valence-corrected chi connectivity index (χ3v) is 2.41. The van der Waals surface area contributed by atoms with Crippen molar-refractivity contribution >= 4 is 11.9 Å². The number of aromatic hydroxyl groups is 1. The molecule has 0 spiro atoms. The number of nitrogens with two attached hydrogens (primary N) is 1. The maximum atomic E-state index is 11.0. The van der Waals surface area contributed by atoms with E-state index in [2.05, 4.69) is 5.32 Å². The molecule has 0 aliphatic heterocycles. The summed E-state index contributed by atoms with van der Waals surface area (Å²) in [5.41, 5.74) is 5.67. The Kier molecular flexibility index (Phi) is 4.06. The lowest BCUT2D eigenvalue weighted by Gasteiger charge is -2.11. The van der Waals surface area contributed by atoms with Crippen molar-refractivity contribution in [2.75, 3.05) is 7.05 Å². The standard InChI is InChI=1S/C11H14N2O4/c1-13-8(11(16)17)5-6-2-3-9(14)7(4-6)10(12)15/h2-4,8,13-14H,5H2,1H3,(H2,12,15)(H,16,17)/t8-/m0/s1. The summed E-state index contributed by atoms with van der Waals surface area (Å²) >= 11 is 0. The molecule has 17 heavy (non-hydrogen) atoms. The number of rotatable bonds is 5. The number of benzene rings is 1. The molecule has 1 aromatic carbocycles. The first-order chi connectivity index (χ1) is 7.95. The van der Waals surface area contributed by atoms with Crippen LogP contribution in [0.2, 0.25) is 0 Å². The average Bonchev–Trinajstić information content (AvgIpc) is 2.27. The summed E-state index contributed by atoms with van der Waals surface area (Å²) in [6.07, 6.45) is 0.201. The van der Waals surface area contributed by atoms with E-state index in [0.717, 1.165) is 0 Å². The number of nitrogens with one attached hydrogen (secondary N) is 1. The predicted molar refractivity (Wildman–Crippen MR) is 60.8 cm³/mol. The Balaban J connectivity index is 2.96. The summed E-state index contributed by atoms with van der Waals surface area (Å²) in [6, 6.07) is 3.52. The highest BCUT2D eigenvalue weighted by Crippen LogP contribution is 2.18. The molecule has 0 fully saturated rings.